The minimum absolute atomic E-state index is 0.107. The van der Waals surface area contributed by atoms with E-state index in [0.717, 1.165) is 5.56 Å². The fraction of sp³-hybridized carbons (Fsp3) is 0.214. The molecule has 94 valence electrons. The lowest BCUT2D eigenvalue weighted by molar-refractivity contribution is 0.0988. The molecule has 1 heterocycles. The summed E-state index contributed by atoms with van der Waals surface area (Å²) in [5, 5.41) is 0.119. The van der Waals surface area contributed by atoms with Crippen molar-refractivity contribution in [1.29, 1.82) is 0 Å². The van der Waals surface area contributed by atoms with Gasteiger partial charge in [0.2, 0.25) is 0 Å². The quantitative estimate of drug-likeness (QED) is 0.768. The second-order valence-electron chi connectivity index (χ2n) is 4.10. The third-order valence-electron chi connectivity index (χ3n) is 2.74. The summed E-state index contributed by atoms with van der Waals surface area (Å²) in [5.41, 5.74) is 1.50. The van der Waals surface area contributed by atoms with Gasteiger partial charge in [-0.05, 0) is 23.8 Å². The highest BCUT2D eigenvalue weighted by Gasteiger charge is 2.06. The number of nitrogens with zero attached hydrogens (tertiary/aromatic N) is 1. The standard InChI is InChI=1S/C14H13ClFNO/c1-2-14(18)11-5-6-17(9-11)8-10-3-4-12(15)13(16)7-10/h3-7,9H,2,8H2,1H3. The molecular weight excluding hydrogens is 253 g/mol. The molecule has 1 aromatic heterocycles. The van der Waals surface area contributed by atoms with Crippen LogP contribution < -0.4 is 0 Å². The Morgan fingerprint density at radius 2 is 2.17 bits per heavy atom. The van der Waals surface area contributed by atoms with E-state index in [4.69, 9.17) is 11.6 Å². The second kappa shape index (κ2) is 5.36. The lowest BCUT2D eigenvalue weighted by atomic mass is 10.2. The van der Waals surface area contributed by atoms with E-state index in [2.05, 4.69) is 0 Å². The molecule has 0 atom stereocenters. The summed E-state index contributed by atoms with van der Waals surface area (Å²) in [7, 11) is 0. The summed E-state index contributed by atoms with van der Waals surface area (Å²) in [5.74, 6) is -0.317. The number of Topliss-reactive ketones (excluding diaryl/α,β-unsaturated/α-hetero) is 1. The molecule has 2 rings (SSSR count). The first kappa shape index (κ1) is 12.8. The monoisotopic (exact) mass is 265 g/mol. The number of hydrogen-bond acceptors (Lipinski definition) is 1. The third kappa shape index (κ3) is 2.79. The van der Waals surface area contributed by atoms with E-state index in [-0.39, 0.29) is 10.8 Å². The Balaban J connectivity index is 2.16. The lowest BCUT2D eigenvalue weighted by Crippen LogP contribution is -1.98. The van der Waals surface area contributed by atoms with Crippen molar-refractivity contribution in [2.75, 3.05) is 0 Å². The summed E-state index contributed by atoms with van der Waals surface area (Å²) < 4.78 is 15.1. The van der Waals surface area contributed by atoms with Crippen LogP contribution in [0.2, 0.25) is 5.02 Å². The van der Waals surface area contributed by atoms with Crippen molar-refractivity contribution >= 4 is 17.4 Å². The Labute approximate surface area is 110 Å². The number of rotatable bonds is 4. The summed E-state index contributed by atoms with van der Waals surface area (Å²) in [6, 6.07) is 6.49. The molecule has 0 aliphatic carbocycles. The molecule has 0 saturated carbocycles. The minimum atomic E-state index is -0.425. The largest absolute Gasteiger partial charge is 0.349 e. The summed E-state index contributed by atoms with van der Waals surface area (Å²) >= 11 is 5.62. The molecule has 0 radical (unpaired) electrons. The predicted molar refractivity (Wildman–Crippen MR) is 69.6 cm³/mol. The van der Waals surface area contributed by atoms with E-state index in [0.29, 0.717) is 18.5 Å². The van der Waals surface area contributed by atoms with Gasteiger partial charge in [-0.1, -0.05) is 24.6 Å². The van der Waals surface area contributed by atoms with Gasteiger partial charge in [0.15, 0.2) is 5.78 Å². The molecule has 18 heavy (non-hydrogen) atoms. The highest BCUT2D eigenvalue weighted by Crippen LogP contribution is 2.16. The van der Waals surface area contributed by atoms with E-state index in [1.807, 2.05) is 17.7 Å². The molecule has 0 aliphatic rings. The van der Waals surface area contributed by atoms with Gasteiger partial charge in [0.1, 0.15) is 5.82 Å². The Morgan fingerprint density at radius 1 is 1.39 bits per heavy atom. The van der Waals surface area contributed by atoms with Crippen LogP contribution in [0, 0.1) is 5.82 Å². The molecule has 0 spiro atoms. The smallest absolute Gasteiger partial charge is 0.164 e. The zero-order valence-corrected chi connectivity index (χ0v) is 10.7. The van der Waals surface area contributed by atoms with Crippen molar-refractivity contribution in [1.82, 2.24) is 4.57 Å². The lowest BCUT2D eigenvalue weighted by Gasteiger charge is -2.04. The van der Waals surface area contributed by atoms with Crippen LogP contribution in [0.3, 0.4) is 0 Å². The Bertz CT molecular complexity index is 577. The van der Waals surface area contributed by atoms with Crippen molar-refractivity contribution in [2.45, 2.75) is 19.9 Å². The number of hydrogen-bond donors (Lipinski definition) is 0. The molecule has 0 saturated heterocycles. The van der Waals surface area contributed by atoms with Gasteiger partial charge in [0.05, 0.1) is 5.02 Å². The number of halogens is 2. The molecule has 0 N–H and O–H groups in total. The Hall–Kier alpha value is -1.61. The van der Waals surface area contributed by atoms with Crippen molar-refractivity contribution < 1.29 is 9.18 Å². The molecule has 4 heteroatoms. The van der Waals surface area contributed by atoms with Crippen LogP contribution in [-0.2, 0) is 6.54 Å². The molecule has 2 nitrogen and oxygen atoms in total. The van der Waals surface area contributed by atoms with E-state index in [1.54, 1.807) is 18.3 Å². The number of aromatic nitrogens is 1. The van der Waals surface area contributed by atoms with Gasteiger partial charge in [0, 0.05) is 30.9 Å². The van der Waals surface area contributed by atoms with Gasteiger partial charge >= 0.3 is 0 Å². The first-order valence-electron chi connectivity index (χ1n) is 5.73. The van der Waals surface area contributed by atoms with Crippen molar-refractivity contribution in [3.63, 3.8) is 0 Å². The highest BCUT2D eigenvalue weighted by molar-refractivity contribution is 6.30. The fourth-order valence-corrected chi connectivity index (χ4v) is 1.87. The van der Waals surface area contributed by atoms with Crippen LogP contribution in [0.25, 0.3) is 0 Å². The average Bonchev–Trinajstić information content (AvgIpc) is 2.81. The molecule has 1 aromatic carbocycles. The number of benzene rings is 1. The molecule has 0 bridgehead atoms. The van der Waals surface area contributed by atoms with Crippen molar-refractivity contribution in [2.24, 2.45) is 0 Å². The minimum Gasteiger partial charge on any atom is -0.349 e. The summed E-state index contributed by atoms with van der Waals surface area (Å²) in [6.07, 6.45) is 4.08. The maximum Gasteiger partial charge on any atom is 0.164 e. The molecule has 0 amide bonds. The topological polar surface area (TPSA) is 22.0 Å². The Kier molecular flexibility index (Phi) is 3.82. The fourth-order valence-electron chi connectivity index (χ4n) is 1.76. The van der Waals surface area contributed by atoms with Crippen molar-refractivity contribution in [3.05, 3.63) is 58.6 Å². The summed E-state index contributed by atoms with van der Waals surface area (Å²) in [4.78, 5) is 11.5. The predicted octanol–water partition coefficient (Wildman–Crippen LogP) is 3.92. The van der Waals surface area contributed by atoms with Crippen LogP contribution in [0.4, 0.5) is 4.39 Å². The molecule has 0 fully saturated rings. The van der Waals surface area contributed by atoms with Gasteiger partial charge in [-0.25, -0.2) is 4.39 Å². The zero-order valence-electron chi connectivity index (χ0n) is 9.99. The Morgan fingerprint density at radius 3 is 2.83 bits per heavy atom. The van der Waals surface area contributed by atoms with Gasteiger partial charge < -0.3 is 4.57 Å². The number of carbonyl (C=O) groups excluding carboxylic acids is 1. The maximum absolute atomic E-state index is 13.3. The zero-order chi connectivity index (χ0) is 13.1. The summed E-state index contributed by atoms with van der Waals surface area (Å²) in [6.45, 7) is 2.35. The van der Waals surface area contributed by atoms with E-state index < -0.39 is 5.82 Å². The maximum atomic E-state index is 13.3. The van der Waals surface area contributed by atoms with Crippen molar-refractivity contribution in [3.8, 4) is 0 Å². The second-order valence-corrected chi connectivity index (χ2v) is 4.50. The third-order valence-corrected chi connectivity index (χ3v) is 3.05. The number of ketones is 1. The van der Waals surface area contributed by atoms with Gasteiger partial charge in [-0.3, -0.25) is 4.79 Å². The van der Waals surface area contributed by atoms with E-state index in [9.17, 15) is 9.18 Å². The molecule has 2 aromatic rings. The molecule has 0 aliphatic heterocycles. The van der Waals surface area contributed by atoms with Gasteiger partial charge in [-0.15, -0.1) is 0 Å². The van der Waals surface area contributed by atoms with Crippen LogP contribution in [0.5, 0.6) is 0 Å². The first-order valence-corrected chi connectivity index (χ1v) is 6.11. The highest BCUT2D eigenvalue weighted by atomic mass is 35.5. The average molecular weight is 266 g/mol. The van der Waals surface area contributed by atoms with Crippen LogP contribution >= 0.6 is 11.6 Å². The normalized spacial score (nSPS) is 10.6. The van der Waals surface area contributed by atoms with Gasteiger partial charge in [0.25, 0.3) is 0 Å². The van der Waals surface area contributed by atoms with E-state index in [1.165, 1.54) is 12.1 Å². The van der Waals surface area contributed by atoms with Crippen LogP contribution in [0.1, 0.15) is 29.3 Å². The number of carbonyl (C=O) groups is 1. The van der Waals surface area contributed by atoms with E-state index >= 15 is 0 Å². The molecular formula is C14H13ClFNO. The van der Waals surface area contributed by atoms with Gasteiger partial charge in [-0.2, -0.15) is 0 Å². The SMILES string of the molecule is CCC(=O)c1ccn(Cc2ccc(Cl)c(F)c2)c1. The van der Waals surface area contributed by atoms with Crippen LogP contribution in [-0.4, -0.2) is 10.4 Å². The first-order chi connectivity index (χ1) is 8.60. The molecule has 0 unspecified atom stereocenters. The van der Waals surface area contributed by atoms with Crippen LogP contribution in [0.15, 0.2) is 36.7 Å².